The van der Waals surface area contributed by atoms with Gasteiger partial charge in [0.25, 0.3) is 0 Å². The zero-order chi connectivity index (χ0) is 19.2. The van der Waals surface area contributed by atoms with Crippen LogP contribution in [0.1, 0.15) is 32.1 Å². The van der Waals surface area contributed by atoms with Crippen LogP contribution in [-0.2, 0) is 21.4 Å². The Labute approximate surface area is 160 Å². The van der Waals surface area contributed by atoms with Crippen LogP contribution in [0.2, 0.25) is 0 Å². The van der Waals surface area contributed by atoms with Crippen LogP contribution in [-0.4, -0.2) is 82.9 Å². The van der Waals surface area contributed by atoms with Crippen LogP contribution < -0.4 is 4.90 Å². The molecule has 1 saturated carbocycles. The van der Waals surface area contributed by atoms with Crippen molar-refractivity contribution in [2.24, 2.45) is 7.05 Å². The molecule has 0 bridgehead atoms. The predicted octanol–water partition coefficient (Wildman–Crippen LogP) is 0.629. The number of methoxy groups -OCH3 is 1. The Bertz CT molecular complexity index is 738. The zero-order valence-corrected chi connectivity index (χ0v) is 16.5. The lowest BCUT2D eigenvalue weighted by molar-refractivity contribution is -0.143. The summed E-state index contributed by atoms with van der Waals surface area (Å²) in [7, 11) is 5.56. The van der Waals surface area contributed by atoms with Crippen molar-refractivity contribution in [2.45, 2.75) is 43.2 Å². The van der Waals surface area contributed by atoms with Gasteiger partial charge in [-0.15, -0.1) is 0 Å². The molecule has 3 fully saturated rings. The summed E-state index contributed by atoms with van der Waals surface area (Å²) < 4.78 is 7.34. The minimum Gasteiger partial charge on any atom is -0.378 e. The molecule has 0 radical (unpaired) electrons. The van der Waals surface area contributed by atoms with Crippen molar-refractivity contribution in [3.05, 3.63) is 12.4 Å². The summed E-state index contributed by atoms with van der Waals surface area (Å²) in [6.07, 6.45) is 8.01. The fourth-order valence-corrected chi connectivity index (χ4v) is 4.66. The number of amides is 2. The standard InChI is InChI=1S/C19H29N5O3/c1-21-12-17(26)24(15-10-20-22(2)11-15)14-18(21)7-8-23(13-18)16(25)9-19(27-3)5-4-6-19/h10-11H,4-9,12-14H2,1-3H3. The highest BCUT2D eigenvalue weighted by Gasteiger charge is 2.50. The van der Waals surface area contributed by atoms with Crippen molar-refractivity contribution in [1.82, 2.24) is 19.6 Å². The number of likely N-dealkylation sites (N-methyl/N-ethyl adjacent to an activating group) is 1. The van der Waals surface area contributed by atoms with Crippen molar-refractivity contribution in [3.8, 4) is 0 Å². The first-order chi connectivity index (χ1) is 12.9. The predicted molar refractivity (Wildman–Crippen MR) is 100 cm³/mol. The van der Waals surface area contributed by atoms with Gasteiger partial charge in [-0.3, -0.25) is 19.2 Å². The highest BCUT2D eigenvalue weighted by atomic mass is 16.5. The summed E-state index contributed by atoms with van der Waals surface area (Å²) in [5.74, 6) is 0.250. The number of hydrogen-bond donors (Lipinski definition) is 0. The Morgan fingerprint density at radius 3 is 2.63 bits per heavy atom. The maximum atomic E-state index is 12.9. The normalized spacial score (nSPS) is 28.0. The summed E-state index contributed by atoms with van der Waals surface area (Å²) in [4.78, 5) is 31.4. The number of anilines is 1. The first-order valence-corrected chi connectivity index (χ1v) is 9.70. The van der Waals surface area contributed by atoms with Gasteiger partial charge in [0.1, 0.15) is 0 Å². The fraction of sp³-hybridized carbons (Fsp3) is 0.737. The lowest BCUT2D eigenvalue weighted by Crippen LogP contribution is -2.64. The SMILES string of the molecule is COC1(CC(=O)N2CCC3(C2)CN(c2cnn(C)c2)C(=O)CN3C)CCC1. The third-order valence-electron chi connectivity index (χ3n) is 6.79. The first-order valence-electron chi connectivity index (χ1n) is 9.70. The second-order valence-electron chi connectivity index (χ2n) is 8.42. The Hall–Kier alpha value is -1.93. The number of carbonyl (C=O) groups excluding carboxylic acids is 2. The third-order valence-corrected chi connectivity index (χ3v) is 6.79. The number of aryl methyl sites for hydroxylation is 1. The van der Waals surface area contributed by atoms with Gasteiger partial charge in [-0.05, 0) is 32.7 Å². The molecule has 2 amide bonds. The molecule has 2 aliphatic heterocycles. The number of aromatic nitrogens is 2. The van der Waals surface area contributed by atoms with Crippen molar-refractivity contribution in [2.75, 3.05) is 45.2 Å². The van der Waals surface area contributed by atoms with Gasteiger partial charge < -0.3 is 14.5 Å². The van der Waals surface area contributed by atoms with E-state index < -0.39 is 0 Å². The molecule has 3 aliphatic rings. The molecule has 1 aromatic rings. The molecular weight excluding hydrogens is 346 g/mol. The van der Waals surface area contributed by atoms with Gasteiger partial charge in [0.05, 0.1) is 36.0 Å². The van der Waals surface area contributed by atoms with Gasteiger partial charge in [0.2, 0.25) is 11.8 Å². The highest BCUT2D eigenvalue weighted by molar-refractivity contribution is 5.95. The van der Waals surface area contributed by atoms with E-state index in [1.54, 1.807) is 18.0 Å². The molecule has 0 N–H and O–H groups in total. The van der Waals surface area contributed by atoms with E-state index in [1.807, 2.05) is 30.1 Å². The number of hydrogen-bond acceptors (Lipinski definition) is 5. The number of likely N-dealkylation sites (tertiary alicyclic amines) is 1. The van der Waals surface area contributed by atoms with Gasteiger partial charge in [0.15, 0.2) is 0 Å². The summed E-state index contributed by atoms with van der Waals surface area (Å²) in [6, 6.07) is 0. The van der Waals surface area contributed by atoms with Crippen LogP contribution in [0.5, 0.6) is 0 Å². The van der Waals surface area contributed by atoms with Crippen LogP contribution in [0.25, 0.3) is 0 Å². The molecule has 8 heteroatoms. The molecule has 1 unspecified atom stereocenters. The first kappa shape index (κ1) is 18.4. The molecule has 0 aromatic carbocycles. The van der Waals surface area contributed by atoms with Crippen LogP contribution in [0, 0.1) is 0 Å². The molecular formula is C19H29N5O3. The summed E-state index contributed by atoms with van der Waals surface area (Å²) in [6.45, 7) is 2.34. The number of rotatable bonds is 4. The maximum Gasteiger partial charge on any atom is 0.241 e. The maximum absolute atomic E-state index is 12.9. The average molecular weight is 375 g/mol. The second-order valence-corrected chi connectivity index (χ2v) is 8.42. The lowest BCUT2D eigenvalue weighted by atomic mass is 9.77. The molecule has 1 spiro atoms. The highest BCUT2D eigenvalue weighted by Crippen LogP contribution is 2.40. The Balaban J connectivity index is 1.47. The monoisotopic (exact) mass is 375 g/mol. The van der Waals surface area contributed by atoms with Crippen LogP contribution in [0.4, 0.5) is 5.69 Å². The van der Waals surface area contributed by atoms with Crippen LogP contribution in [0.3, 0.4) is 0 Å². The van der Waals surface area contributed by atoms with Crippen molar-refractivity contribution in [3.63, 3.8) is 0 Å². The number of nitrogens with zero attached hydrogens (tertiary/aromatic N) is 5. The van der Waals surface area contributed by atoms with E-state index in [1.165, 1.54) is 0 Å². The van der Waals surface area contributed by atoms with Gasteiger partial charge in [0, 0.05) is 40.0 Å². The van der Waals surface area contributed by atoms with Crippen molar-refractivity contribution < 1.29 is 14.3 Å². The van der Waals surface area contributed by atoms with E-state index >= 15 is 0 Å². The van der Waals surface area contributed by atoms with Gasteiger partial charge in [-0.2, -0.15) is 5.10 Å². The smallest absolute Gasteiger partial charge is 0.241 e. The van der Waals surface area contributed by atoms with Crippen LogP contribution in [0.15, 0.2) is 12.4 Å². The fourth-order valence-electron chi connectivity index (χ4n) is 4.66. The van der Waals surface area contributed by atoms with Gasteiger partial charge in [-0.1, -0.05) is 0 Å². The summed E-state index contributed by atoms with van der Waals surface area (Å²) >= 11 is 0. The van der Waals surface area contributed by atoms with E-state index in [0.29, 0.717) is 26.1 Å². The van der Waals surface area contributed by atoms with E-state index in [9.17, 15) is 9.59 Å². The molecule has 3 heterocycles. The molecule has 1 atom stereocenters. The molecule has 27 heavy (non-hydrogen) atoms. The zero-order valence-electron chi connectivity index (χ0n) is 16.5. The minimum absolute atomic E-state index is 0.0775. The molecule has 1 aliphatic carbocycles. The number of ether oxygens (including phenoxy) is 1. The van der Waals surface area contributed by atoms with Crippen molar-refractivity contribution in [1.29, 1.82) is 0 Å². The molecule has 1 aromatic heterocycles. The van der Waals surface area contributed by atoms with Crippen LogP contribution >= 0.6 is 0 Å². The molecule has 2 saturated heterocycles. The van der Waals surface area contributed by atoms with E-state index in [2.05, 4.69) is 10.00 Å². The Morgan fingerprint density at radius 2 is 2.04 bits per heavy atom. The number of piperazine rings is 1. The van der Waals surface area contributed by atoms with Gasteiger partial charge in [-0.25, -0.2) is 0 Å². The number of carbonyl (C=O) groups is 2. The average Bonchev–Trinajstić information content (AvgIpc) is 3.22. The van der Waals surface area contributed by atoms with E-state index in [-0.39, 0.29) is 23.0 Å². The topological polar surface area (TPSA) is 70.9 Å². The van der Waals surface area contributed by atoms with Crippen molar-refractivity contribution >= 4 is 17.5 Å². The Kier molecular flexibility index (Phi) is 4.50. The third kappa shape index (κ3) is 3.14. The van der Waals surface area contributed by atoms with E-state index in [0.717, 1.165) is 37.9 Å². The Morgan fingerprint density at radius 1 is 1.26 bits per heavy atom. The lowest BCUT2D eigenvalue weighted by Gasteiger charge is -2.46. The largest absolute Gasteiger partial charge is 0.378 e. The molecule has 4 rings (SSSR count). The quantitative estimate of drug-likeness (QED) is 0.772. The molecule has 148 valence electrons. The second kappa shape index (κ2) is 6.60. The summed E-state index contributed by atoms with van der Waals surface area (Å²) in [5.41, 5.74) is 0.384. The molecule has 8 nitrogen and oxygen atoms in total. The van der Waals surface area contributed by atoms with E-state index in [4.69, 9.17) is 4.74 Å². The minimum atomic E-state index is -0.247. The van der Waals surface area contributed by atoms with Gasteiger partial charge >= 0.3 is 0 Å². The summed E-state index contributed by atoms with van der Waals surface area (Å²) in [5, 5.41) is 4.20.